The lowest BCUT2D eigenvalue weighted by Gasteiger charge is -2.08. The van der Waals surface area contributed by atoms with E-state index in [9.17, 15) is 4.79 Å². The van der Waals surface area contributed by atoms with Crippen LogP contribution in [-0.4, -0.2) is 24.3 Å². The van der Waals surface area contributed by atoms with E-state index in [-0.39, 0.29) is 0 Å². The lowest BCUT2D eigenvalue weighted by atomic mass is 10.0. The summed E-state index contributed by atoms with van der Waals surface area (Å²) >= 11 is 0. The van der Waals surface area contributed by atoms with Crippen molar-refractivity contribution in [2.75, 3.05) is 6.61 Å². The van der Waals surface area contributed by atoms with E-state index < -0.39 is 12.0 Å². The van der Waals surface area contributed by atoms with Crippen LogP contribution in [0.15, 0.2) is 45.8 Å². The molecular weight excluding hydrogens is 206 g/mol. The molecule has 0 amide bonds. The number of hydrogen-bond donors (Lipinski definition) is 0. The van der Waals surface area contributed by atoms with E-state index in [2.05, 4.69) is 15.4 Å². The third kappa shape index (κ3) is 1.98. The van der Waals surface area contributed by atoms with Gasteiger partial charge in [0.25, 0.3) is 0 Å². The summed E-state index contributed by atoms with van der Waals surface area (Å²) in [5.41, 5.74) is 1.38. The molecule has 0 saturated carbocycles. The molecule has 5 heteroatoms. The highest BCUT2D eigenvalue weighted by Crippen LogP contribution is 2.15. The summed E-state index contributed by atoms with van der Waals surface area (Å²) in [5.74, 6) is -0.411. The summed E-state index contributed by atoms with van der Waals surface area (Å²) in [6.45, 7) is 2.08. The van der Waals surface area contributed by atoms with Crippen LogP contribution in [-0.2, 0) is 9.53 Å². The average molecular weight is 217 g/mol. The molecule has 0 aromatic heterocycles. The van der Waals surface area contributed by atoms with Crippen molar-refractivity contribution in [2.45, 2.75) is 13.0 Å². The normalized spacial score (nSPS) is 18.3. The van der Waals surface area contributed by atoms with Crippen LogP contribution in [0.2, 0.25) is 0 Å². The van der Waals surface area contributed by atoms with Crippen LogP contribution in [0.5, 0.6) is 0 Å². The van der Waals surface area contributed by atoms with Crippen molar-refractivity contribution in [3.63, 3.8) is 0 Å². The average Bonchev–Trinajstić information content (AvgIpc) is 2.79. The van der Waals surface area contributed by atoms with Crippen LogP contribution in [0.4, 0.5) is 0 Å². The number of ether oxygens (including phenoxy) is 1. The molecule has 1 unspecified atom stereocenters. The monoisotopic (exact) mass is 217 g/mol. The largest absolute Gasteiger partial charge is 0.464 e. The van der Waals surface area contributed by atoms with Gasteiger partial charge in [-0.1, -0.05) is 30.3 Å². The first-order valence-electron chi connectivity index (χ1n) is 5.02. The van der Waals surface area contributed by atoms with E-state index in [1.807, 2.05) is 30.3 Å². The van der Waals surface area contributed by atoms with Gasteiger partial charge in [-0.2, -0.15) is 0 Å². The van der Waals surface area contributed by atoms with Crippen LogP contribution in [0, 0.1) is 0 Å². The van der Waals surface area contributed by atoms with Crippen LogP contribution in [0.1, 0.15) is 12.5 Å². The van der Waals surface area contributed by atoms with E-state index >= 15 is 0 Å². The molecule has 0 radical (unpaired) electrons. The van der Waals surface area contributed by atoms with Crippen molar-refractivity contribution in [3.8, 4) is 0 Å². The molecule has 0 spiro atoms. The van der Waals surface area contributed by atoms with Gasteiger partial charge < -0.3 is 4.74 Å². The fourth-order valence-electron chi connectivity index (χ4n) is 1.44. The molecule has 0 bridgehead atoms. The second-order valence-corrected chi connectivity index (χ2v) is 3.21. The van der Waals surface area contributed by atoms with Gasteiger partial charge in [0.05, 0.1) is 6.61 Å². The summed E-state index contributed by atoms with van der Waals surface area (Å²) in [5, 5.41) is 11.2. The van der Waals surface area contributed by atoms with Crippen molar-refractivity contribution in [3.05, 3.63) is 35.9 Å². The first-order chi connectivity index (χ1) is 7.83. The summed E-state index contributed by atoms with van der Waals surface area (Å²) < 4.78 is 4.90. The molecule has 1 aliphatic rings. The number of carbonyl (C=O) groups is 1. The Bertz CT molecular complexity index is 440. The Morgan fingerprint density at radius 3 is 2.81 bits per heavy atom. The molecule has 82 valence electrons. The summed E-state index contributed by atoms with van der Waals surface area (Å²) in [6, 6.07) is 8.65. The van der Waals surface area contributed by atoms with Crippen LogP contribution in [0.25, 0.3) is 0 Å². The Balaban J connectivity index is 2.21. The summed E-state index contributed by atoms with van der Waals surface area (Å²) in [6.07, 6.45) is 0. The highest BCUT2D eigenvalue weighted by atomic mass is 16.5. The Kier molecular flexibility index (Phi) is 3.05. The lowest BCUT2D eigenvalue weighted by Crippen LogP contribution is -2.28. The van der Waals surface area contributed by atoms with Crippen LogP contribution >= 0.6 is 0 Å². The van der Waals surface area contributed by atoms with Crippen molar-refractivity contribution in [1.29, 1.82) is 0 Å². The first kappa shape index (κ1) is 10.5. The van der Waals surface area contributed by atoms with Crippen LogP contribution in [0.3, 0.4) is 0 Å². The van der Waals surface area contributed by atoms with Gasteiger partial charge in [0.1, 0.15) is 5.71 Å². The SMILES string of the molecule is CCOC(=O)C1N=NN=C1c1ccccc1. The quantitative estimate of drug-likeness (QED) is 0.724. The summed E-state index contributed by atoms with van der Waals surface area (Å²) in [4.78, 5) is 11.6. The van der Waals surface area contributed by atoms with Gasteiger partial charge in [0.2, 0.25) is 6.04 Å². The van der Waals surface area contributed by atoms with Gasteiger partial charge in [-0.25, -0.2) is 4.79 Å². The number of carbonyl (C=O) groups excluding carboxylic acids is 1. The van der Waals surface area contributed by atoms with Crippen molar-refractivity contribution >= 4 is 11.7 Å². The number of hydrogen-bond acceptors (Lipinski definition) is 5. The smallest absolute Gasteiger partial charge is 0.339 e. The maximum absolute atomic E-state index is 11.6. The van der Waals surface area contributed by atoms with Crippen molar-refractivity contribution in [1.82, 2.24) is 0 Å². The molecule has 2 rings (SSSR count). The standard InChI is InChI=1S/C11H11N3O2/c1-2-16-11(15)10-9(12-14-13-10)8-6-4-3-5-7-8/h3-7,10H,2H2,1H3. The Hall–Kier alpha value is -2.04. The molecule has 1 aromatic rings. The molecule has 1 aromatic carbocycles. The zero-order valence-corrected chi connectivity index (χ0v) is 8.83. The molecule has 0 N–H and O–H groups in total. The molecule has 0 saturated heterocycles. The highest BCUT2D eigenvalue weighted by Gasteiger charge is 2.30. The topological polar surface area (TPSA) is 63.4 Å². The minimum atomic E-state index is -0.720. The number of rotatable bonds is 3. The molecule has 1 aliphatic heterocycles. The Morgan fingerprint density at radius 1 is 1.38 bits per heavy atom. The second kappa shape index (κ2) is 4.65. The van der Waals surface area contributed by atoms with Crippen molar-refractivity contribution in [2.24, 2.45) is 15.4 Å². The Labute approximate surface area is 92.8 Å². The fourth-order valence-corrected chi connectivity index (χ4v) is 1.44. The predicted octanol–water partition coefficient (Wildman–Crippen LogP) is 1.79. The zero-order valence-electron chi connectivity index (χ0n) is 8.83. The van der Waals surface area contributed by atoms with Gasteiger partial charge in [0, 0.05) is 5.56 Å². The molecular formula is C11H11N3O2. The van der Waals surface area contributed by atoms with Gasteiger partial charge in [-0.15, -0.1) is 10.2 Å². The molecule has 1 heterocycles. The number of benzene rings is 1. The van der Waals surface area contributed by atoms with E-state index in [1.54, 1.807) is 6.92 Å². The molecule has 1 atom stereocenters. The number of esters is 1. The Morgan fingerprint density at radius 2 is 2.12 bits per heavy atom. The van der Waals surface area contributed by atoms with Gasteiger partial charge in [0.15, 0.2) is 0 Å². The molecule has 16 heavy (non-hydrogen) atoms. The van der Waals surface area contributed by atoms with Gasteiger partial charge in [-0.05, 0) is 12.1 Å². The maximum Gasteiger partial charge on any atom is 0.339 e. The molecule has 0 aliphatic carbocycles. The molecule has 0 fully saturated rings. The van der Waals surface area contributed by atoms with E-state index in [4.69, 9.17) is 4.74 Å². The predicted molar refractivity (Wildman–Crippen MR) is 58.3 cm³/mol. The van der Waals surface area contributed by atoms with Gasteiger partial charge >= 0.3 is 5.97 Å². The van der Waals surface area contributed by atoms with E-state index in [1.165, 1.54) is 0 Å². The first-order valence-corrected chi connectivity index (χ1v) is 5.02. The minimum Gasteiger partial charge on any atom is -0.464 e. The van der Waals surface area contributed by atoms with Gasteiger partial charge in [-0.3, -0.25) is 0 Å². The fraction of sp³-hybridized carbons (Fsp3) is 0.273. The summed E-state index contributed by atoms with van der Waals surface area (Å²) in [7, 11) is 0. The van der Waals surface area contributed by atoms with E-state index in [0.717, 1.165) is 5.56 Å². The lowest BCUT2D eigenvalue weighted by molar-refractivity contribution is -0.142. The van der Waals surface area contributed by atoms with Crippen LogP contribution < -0.4 is 0 Å². The zero-order chi connectivity index (χ0) is 11.4. The second-order valence-electron chi connectivity index (χ2n) is 3.21. The number of nitrogens with zero attached hydrogens (tertiary/aromatic N) is 3. The highest BCUT2D eigenvalue weighted by molar-refractivity contribution is 6.15. The van der Waals surface area contributed by atoms with Crippen molar-refractivity contribution < 1.29 is 9.53 Å². The minimum absolute atomic E-state index is 0.326. The molecule has 5 nitrogen and oxygen atoms in total. The third-order valence-electron chi connectivity index (χ3n) is 2.16. The third-order valence-corrected chi connectivity index (χ3v) is 2.16. The van der Waals surface area contributed by atoms with E-state index in [0.29, 0.717) is 12.3 Å². The maximum atomic E-state index is 11.6.